The summed E-state index contributed by atoms with van der Waals surface area (Å²) >= 11 is 0. The minimum absolute atomic E-state index is 0.701. The summed E-state index contributed by atoms with van der Waals surface area (Å²) in [7, 11) is 1.68. The summed E-state index contributed by atoms with van der Waals surface area (Å²) in [6.45, 7) is 6.72. The van der Waals surface area contributed by atoms with Crippen LogP contribution in [0.2, 0.25) is 0 Å². The zero-order valence-corrected chi connectivity index (χ0v) is 8.68. The number of aryl methyl sites for hydroxylation is 2. The van der Waals surface area contributed by atoms with Crippen LogP contribution in [0.4, 0.5) is 0 Å². The monoisotopic (exact) mass is 180 g/mol. The molecule has 0 aliphatic carbocycles. The van der Waals surface area contributed by atoms with E-state index in [-0.39, 0.29) is 0 Å². The summed E-state index contributed by atoms with van der Waals surface area (Å²) in [6, 6.07) is 4.01. The van der Waals surface area contributed by atoms with Crippen molar-refractivity contribution in [2.24, 2.45) is 0 Å². The molecule has 2 nitrogen and oxygen atoms in total. The molecule has 1 aromatic rings. The standard InChI is InChI=1S/C11H16O2/c1-5-13-11-7-8(2)10(12-4)6-9(11)3/h6-7H,5H2,1-4H3. The Morgan fingerprint density at radius 3 is 2.15 bits per heavy atom. The van der Waals surface area contributed by atoms with Crippen LogP contribution in [0.5, 0.6) is 11.5 Å². The van der Waals surface area contributed by atoms with E-state index in [0.717, 1.165) is 22.6 Å². The van der Waals surface area contributed by atoms with E-state index in [4.69, 9.17) is 9.47 Å². The van der Waals surface area contributed by atoms with E-state index in [0.29, 0.717) is 6.61 Å². The van der Waals surface area contributed by atoms with Crippen molar-refractivity contribution in [3.05, 3.63) is 23.3 Å². The Kier molecular flexibility index (Phi) is 3.18. The van der Waals surface area contributed by atoms with Gasteiger partial charge in [0.25, 0.3) is 0 Å². The third-order valence-corrected chi connectivity index (χ3v) is 1.99. The van der Waals surface area contributed by atoms with E-state index in [9.17, 15) is 0 Å². The zero-order valence-electron chi connectivity index (χ0n) is 8.68. The number of benzene rings is 1. The highest BCUT2D eigenvalue weighted by Gasteiger charge is 2.04. The molecule has 0 N–H and O–H groups in total. The van der Waals surface area contributed by atoms with Gasteiger partial charge in [0.2, 0.25) is 0 Å². The molecular weight excluding hydrogens is 164 g/mol. The molecule has 0 aliphatic rings. The molecule has 0 aromatic heterocycles. The summed E-state index contributed by atoms with van der Waals surface area (Å²) < 4.78 is 10.7. The molecule has 0 atom stereocenters. The van der Waals surface area contributed by atoms with Crippen LogP contribution in [-0.2, 0) is 0 Å². The van der Waals surface area contributed by atoms with Gasteiger partial charge in [-0.25, -0.2) is 0 Å². The number of ether oxygens (including phenoxy) is 2. The average Bonchev–Trinajstić information content (AvgIpc) is 2.11. The Balaban J connectivity index is 3.05. The topological polar surface area (TPSA) is 18.5 Å². The first-order valence-corrected chi connectivity index (χ1v) is 4.47. The Bertz CT molecular complexity index is 292. The molecular formula is C11H16O2. The van der Waals surface area contributed by atoms with Crippen LogP contribution in [0.15, 0.2) is 12.1 Å². The minimum atomic E-state index is 0.701. The maximum absolute atomic E-state index is 5.46. The molecule has 0 fully saturated rings. The second-order valence-electron chi connectivity index (χ2n) is 3.02. The second-order valence-corrected chi connectivity index (χ2v) is 3.02. The van der Waals surface area contributed by atoms with Crippen molar-refractivity contribution in [3.63, 3.8) is 0 Å². The number of hydrogen-bond donors (Lipinski definition) is 0. The predicted octanol–water partition coefficient (Wildman–Crippen LogP) is 2.71. The number of hydrogen-bond acceptors (Lipinski definition) is 2. The van der Waals surface area contributed by atoms with E-state index in [1.165, 1.54) is 0 Å². The van der Waals surface area contributed by atoms with Gasteiger partial charge in [-0.2, -0.15) is 0 Å². The Morgan fingerprint density at radius 1 is 1.08 bits per heavy atom. The van der Waals surface area contributed by atoms with Gasteiger partial charge in [-0.1, -0.05) is 0 Å². The first-order valence-electron chi connectivity index (χ1n) is 4.47. The molecule has 0 aliphatic heterocycles. The van der Waals surface area contributed by atoms with Gasteiger partial charge in [0, 0.05) is 0 Å². The fraction of sp³-hybridized carbons (Fsp3) is 0.455. The SMILES string of the molecule is CCOc1cc(C)c(OC)cc1C. The molecule has 0 saturated heterocycles. The molecule has 0 amide bonds. The van der Waals surface area contributed by atoms with E-state index in [1.807, 2.05) is 32.9 Å². The van der Waals surface area contributed by atoms with E-state index < -0.39 is 0 Å². The van der Waals surface area contributed by atoms with Gasteiger partial charge >= 0.3 is 0 Å². The Labute approximate surface area is 79.5 Å². The third kappa shape index (κ3) is 2.14. The van der Waals surface area contributed by atoms with Gasteiger partial charge in [-0.05, 0) is 44.0 Å². The molecule has 13 heavy (non-hydrogen) atoms. The molecule has 2 heteroatoms. The van der Waals surface area contributed by atoms with Gasteiger partial charge in [0.15, 0.2) is 0 Å². The lowest BCUT2D eigenvalue weighted by Crippen LogP contribution is -1.96. The van der Waals surface area contributed by atoms with Crippen molar-refractivity contribution in [1.29, 1.82) is 0 Å². The third-order valence-electron chi connectivity index (χ3n) is 1.99. The maximum atomic E-state index is 5.46. The van der Waals surface area contributed by atoms with Crippen LogP contribution in [0, 0.1) is 13.8 Å². The minimum Gasteiger partial charge on any atom is -0.496 e. The highest BCUT2D eigenvalue weighted by molar-refractivity contribution is 5.45. The van der Waals surface area contributed by atoms with E-state index in [2.05, 4.69) is 0 Å². The van der Waals surface area contributed by atoms with Crippen LogP contribution in [-0.4, -0.2) is 13.7 Å². The summed E-state index contributed by atoms with van der Waals surface area (Å²) in [5.41, 5.74) is 2.22. The fourth-order valence-corrected chi connectivity index (χ4v) is 1.29. The van der Waals surface area contributed by atoms with Crippen molar-refractivity contribution in [1.82, 2.24) is 0 Å². The molecule has 0 heterocycles. The van der Waals surface area contributed by atoms with Gasteiger partial charge in [0.1, 0.15) is 11.5 Å². The largest absolute Gasteiger partial charge is 0.496 e. The predicted molar refractivity (Wildman–Crippen MR) is 53.6 cm³/mol. The van der Waals surface area contributed by atoms with Crippen molar-refractivity contribution in [2.45, 2.75) is 20.8 Å². The van der Waals surface area contributed by atoms with Crippen molar-refractivity contribution in [3.8, 4) is 11.5 Å². The quantitative estimate of drug-likeness (QED) is 0.712. The maximum Gasteiger partial charge on any atom is 0.122 e. The lowest BCUT2D eigenvalue weighted by Gasteiger charge is -2.11. The first-order chi connectivity index (χ1) is 6.19. The van der Waals surface area contributed by atoms with E-state index >= 15 is 0 Å². The number of methoxy groups -OCH3 is 1. The van der Waals surface area contributed by atoms with Crippen molar-refractivity contribution < 1.29 is 9.47 Å². The molecule has 72 valence electrons. The first kappa shape index (κ1) is 9.90. The van der Waals surface area contributed by atoms with E-state index in [1.54, 1.807) is 7.11 Å². The van der Waals surface area contributed by atoms with Crippen LogP contribution in [0.1, 0.15) is 18.1 Å². The van der Waals surface area contributed by atoms with Gasteiger partial charge in [-0.3, -0.25) is 0 Å². The number of rotatable bonds is 3. The molecule has 0 saturated carbocycles. The molecule has 0 radical (unpaired) electrons. The van der Waals surface area contributed by atoms with Crippen LogP contribution in [0.3, 0.4) is 0 Å². The lowest BCUT2D eigenvalue weighted by molar-refractivity contribution is 0.336. The summed E-state index contributed by atoms with van der Waals surface area (Å²) in [4.78, 5) is 0. The molecule has 1 rings (SSSR count). The summed E-state index contributed by atoms with van der Waals surface area (Å²) in [5, 5.41) is 0. The molecule has 0 unspecified atom stereocenters. The smallest absolute Gasteiger partial charge is 0.122 e. The normalized spacial score (nSPS) is 9.85. The summed E-state index contributed by atoms with van der Waals surface area (Å²) in [5.74, 6) is 1.86. The van der Waals surface area contributed by atoms with Gasteiger partial charge in [0.05, 0.1) is 13.7 Å². The van der Waals surface area contributed by atoms with Gasteiger partial charge < -0.3 is 9.47 Å². The second kappa shape index (κ2) is 4.17. The zero-order chi connectivity index (χ0) is 9.84. The fourth-order valence-electron chi connectivity index (χ4n) is 1.29. The Morgan fingerprint density at radius 2 is 1.62 bits per heavy atom. The van der Waals surface area contributed by atoms with Crippen LogP contribution < -0.4 is 9.47 Å². The Hall–Kier alpha value is -1.18. The molecule has 0 bridgehead atoms. The van der Waals surface area contributed by atoms with Crippen LogP contribution >= 0.6 is 0 Å². The lowest BCUT2D eigenvalue weighted by atomic mass is 10.1. The highest BCUT2D eigenvalue weighted by atomic mass is 16.5. The van der Waals surface area contributed by atoms with Gasteiger partial charge in [-0.15, -0.1) is 0 Å². The highest BCUT2D eigenvalue weighted by Crippen LogP contribution is 2.27. The molecule has 1 aromatic carbocycles. The molecule has 0 spiro atoms. The van der Waals surface area contributed by atoms with Crippen molar-refractivity contribution in [2.75, 3.05) is 13.7 Å². The summed E-state index contributed by atoms with van der Waals surface area (Å²) in [6.07, 6.45) is 0. The van der Waals surface area contributed by atoms with Crippen molar-refractivity contribution >= 4 is 0 Å². The van der Waals surface area contributed by atoms with Crippen LogP contribution in [0.25, 0.3) is 0 Å². The average molecular weight is 180 g/mol.